The van der Waals surface area contributed by atoms with Crippen molar-refractivity contribution >= 4 is 55.2 Å². The molecule has 0 radical (unpaired) electrons. The number of anilines is 2. The molecule has 13 heteroatoms. The zero-order valence-electron chi connectivity index (χ0n) is 21.6. The summed E-state index contributed by atoms with van der Waals surface area (Å²) in [6.07, 6.45) is 2.47. The molecular weight excluding hydrogens is 594 g/mol. The Labute approximate surface area is 243 Å². The van der Waals surface area contributed by atoms with Gasteiger partial charge in [0.2, 0.25) is 0 Å². The number of halogens is 3. The zero-order valence-corrected chi connectivity index (χ0v) is 24.0. The fourth-order valence-electron chi connectivity index (χ4n) is 3.86. The van der Waals surface area contributed by atoms with Gasteiger partial charge in [0.25, 0.3) is 0 Å². The van der Waals surface area contributed by atoms with Crippen LogP contribution in [0.3, 0.4) is 0 Å². The highest BCUT2D eigenvalue weighted by molar-refractivity contribution is 7.90. The first-order chi connectivity index (χ1) is 19.6. The summed E-state index contributed by atoms with van der Waals surface area (Å²) in [6, 6.07) is 14.2. The third kappa shape index (κ3) is 7.53. The topological polar surface area (TPSA) is 103 Å². The maximum absolute atomic E-state index is 15.1. The molecule has 41 heavy (non-hydrogen) atoms. The number of hydrogen-bond donors (Lipinski definition) is 1. The summed E-state index contributed by atoms with van der Waals surface area (Å²) in [4.78, 5) is 13.0. The van der Waals surface area contributed by atoms with Gasteiger partial charge in [-0.3, -0.25) is 0 Å². The maximum atomic E-state index is 15.1. The number of rotatable bonds is 11. The lowest BCUT2D eigenvalue weighted by Crippen LogP contribution is -2.09. The van der Waals surface area contributed by atoms with Crippen LogP contribution in [0.2, 0.25) is 5.02 Å². The van der Waals surface area contributed by atoms with Crippen molar-refractivity contribution in [3.63, 3.8) is 0 Å². The van der Waals surface area contributed by atoms with Gasteiger partial charge in [-0.25, -0.2) is 32.2 Å². The number of fused-ring (bicyclic) bond motifs is 1. The first kappa shape index (κ1) is 28.8. The number of nitrogens with one attached hydrogen (secondary N) is 1. The van der Waals surface area contributed by atoms with Gasteiger partial charge in [0, 0.05) is 34.3 Å². The van der Waals surface area contributed by atoms with E-state index in [-0.39, 0.29) is 37.0 Å². The Bertz CT molecular complexity index is 1820. The lowest BCUT2D eigenvalue weighted by Gasteiger charge is -2.12. The van der Waals surface area contributed by atoms with Crippen LogP contribution < -0.4 is 10.1 Å². The van der Waals surface area contributed by atoms with Crippen LogP contribution in [0, 0.1) is 11.6 Å². The van der Waals surface area contributed by atoms with Crippen LogP contribution in [-0.4, -0.2) is 42.0 Å². The molecule has 2 heterocycles. The molecule has 2 aromatic heterocycles. The molecule has 0 saturated heterocycles. The quantitative estimate of drug-likeness (QED) is 0.166. The minimum atomic E-state index is -3.12. The van der Waals surface area contributed by atoms with Crippen LogP contribution in [0.5, 0.6) is 5.75 Å². The molecule has 0 bridgehead atoms. The second kappa shape index (κ2) is 12.4. The number of sulfone groups is 1. The van der Waals surface area contributed by atoms with Crippen molar-refractivity contribution < 1.29 is 26.7 Å². The van der Waals surface area contributed by atoms with E-state index < -0.39 is 15.7 Å². The Kier molecular flexibility index (Phi) is 8.74. The van der Waals surface area contributed by atoms with Crippen LogP contribution in [0.15, 0.2) is 66.3 Å². The lowest BCUT2D eigenvalue weighted by atomic mass is 10.1. The van der Waals surface area contributed by atoms with Crippen LogP contribution >= 0.6 is 22.9 Å². The number of hydrogen-bond acceptors (Lipinski definition) is 9. The highest BCUT2D eigenvalue weighted by Crippen LogP contribution is 2.34. The fourth-order valence-corrected chi connectivity index (χ4v) is 5.25. The second-order valence-corrected chi connectivity index (χ2v) is 12.7. The monoisotopic (exact) mass is 616 g/mol. The predicted octanol–water partition coefficient (Wildman–Crippen LogP) is 6.57. The van der Waals surface area contributed by atoms with Crippen molar-refractivity contribution in [1.82, 2.24) is 15.0 Å². The van der Waals surface area contributed by atoms with E-state index in [0.29, 0.717) is 49.4 Å². The molecule has 0 fully saturated rings. The molecule has 0 aliphatic carbocycles. The molecule has 5 rings (SSSR count). The zero-order chi connectivity index (χ0) is 29.0. The molecule has 0 aliphatic rings. The second-order valence-electron chi connectivity index (χ2n) is 9.07. The van der Waals surface area contributed by atoms with Gasteiger partial charge in [0.05, 0.1) is 35.2 Å². The molecular formula is C28H23ClF2N4O4S2. The summed E-state index contributed by atoms with van der Waals surface area (Å²) in [5.41, 5.74) is 2.35. The minimum absolute atomic E-state index is 0.0502. The number of nitrogens with zero attached hydrogens (tertiary/aromatic N) is 3. The summed E-state index contributed by atoms with van der Waals surface area (Å²) < 4.78 is 62.2. The van der Waals surface area contributed by atoms with Crippen molar-refractivity contribution in [2.45, 2.75) is 13.2 Å². The van der Waals surface area contributed by atoms with Gasteiger partial charge in [-0.15, -0.1) is 11.3 Å². The molecule has 5 aromatic rings. The van der Waals surface area contributed by atoms with E-state index in [9.17, 15) is 12.8 Å². The van der Waals surface area contributed by atoms with Gasteiger partial charge in [0.1, 0.15) is 51.0 Å². The molecule has 212 valence electrons. The summed E-state index contributed by atoms with van der Waals surface area (Å²) in [6.45, 7) is 0.322. The summed E-state index contributed by atoms with van der Waals surface area (Å²) in [5.74, 6) is -0.0721. The molecule has 0 saturated carbocycles. The van der Waals surface area contributed by atoms with Gasteiger partial charge in [-0.1, -0.05) is 23.7 Å². The average molecular weight is 617 g/mol. The van der Waals surface area contributed by atoms with E-state index >= 15 is 4.39 Å². The van der Waals surface area contributed by atoms with Crippen LogP contribution in [-0.2, 0) is 27.8 Å². The van der Waals surface area contributed by atoms with Gasteiger partial charge in [0.15, 0.2) is 0 Å². The van der Waals surface area contributed by atoms with E-state index in [4.69, 9.17) is 21.1 Å². The smallest absolute Gasteiger partial charge is 0.149 e. The fraction of sp³-hybridized carbons (Fsp3) is 0.179. The third-order valence-corrected chi connectivity index (χ3v) is 7.88. The summed E-state index contributed by atoms with van der Waals surface area (Å²) in [5, 5.41) is 6.39. The van der Waals surface area contributed by atoms with Crippen molar-refractivity contribution in [3.05, 3.63) is 93.5 Å². The van der Waals surface area contributed by atoms with E-state index in [0.717, 1.165) is 6.26 Å². The van der Waals surface area contributed by atoms with E-state index in [2.05, 4.69) is 20.3 Å². The van der Waals surface area contributed by atoms with Gasteiger partial charge in [-0.2, -0.15) is 0 Å². The van der Waals surface area contributed by atoms with Crippen molar-refractivity contribution in [1.29, 1.82) is 0 Å². The van der Waals surface area contributed by atoms with Gasteiger partial charge in [-0.05, 0) is 42.0 Å². The van der Waals surface area contributed by atoms with Crippen LogP contribution in [0.4, 0.5) is 20.3 Å². The summed E-state index contributed by atoms with van der Waals surface area (Å²) >= 11 is 7.72. The van der Waals surface area contributed by atoms with Gasteiger partial charge >= 0.3 is 0 Å². The predicted molar refractivity (Wildman–Crippen MR) is 155 cm³/mol. The van der Waals surface area contributed by atoms with Gasteiger partial charge < -0.3 is 14.8 Å². The number of benzene rings is 3. The molecule has 0 spiro atoms. The number of thiazole rings is 1. The Morgan fingerprint density at radius 2 is 1.90 bits per heavy atom. The standard InChI is InChI=1S/C28H23ClF2N4O4S2/c1-41(36,37)8-7-38-14-27-35-25(15-40-27)20-11-21-24(12-23(20)31)32-16-33-28(21)34-19-5-6-26(22(29)10-19)39-13-17-3-2-4-18(30)9-17/h2-6,9-12,15-16H,7-8,13-14H2,1H3,(H,32,33,34). The number of aromatic nitrogens is 3. The summed E-state index contributed by atoms with van der Waals surface area (Å²) in [7, 11) is -3.12. The highest BCUT2D eigenvalue weighted by atomic mass is 35.5. The maximum Gasteiger partial charge on any atom is 0.149 e. The Morgan fingerprint density at radius 3 is 2.68 bits per heavy atom. The molecule has 0 amide bonds. The Balaban J connectivity index is 1.32. The molecule has 1 N–H and O–H groups in total. The Morgan fingerprint density at radius 1 is 1.05 bits per heavy atom. The molecule has 0 unspecified atom stereocenters. The minimum Gasteiger partial charge on any atom is -0.487 e. The molecule has 0 atom stereocenters. The average Bonchev–Trinajstić information content (AvgIpc) is 3.39. The third-order valence-electron chi connectivity index (χ3n) is 5.85. The van der Waals surface area contributed by atoms with E-state index in [1.165, 1.54) is 35.9 Å². The van der Waals surface area contributed by atoms with Crippen LogP contribution in [0.1, 0.15) is 10.6 Å². The largest absolute Gasteiger partial charge is 0.487 e. The molecule has 3 aromatic carbocycles. The molecule has 0 aliphatic heterocycles. The van der Waals surface area contributed by atoms with Crippen molar-refractivity contribution in [2.24, 2.45) is 0 Å². The first-order valence-electron chi connectivity index (χ1n) is 12.2. The number of ether oxygens (including phenoxy) is 2. The normalized spacial score (nSPS) is 11.6. The van der Waals surface area contributed by atoms with E-state index in [1.54, 1.807) is 41.8 Å². The van der Waals surface area contributed by atoms with E-state index in [1.807, 2.05) is 0 Å². The molecule has 8 nitrogen and oxygen atoms in total. The SMILES string of the molecule is CS(=O)(=O)CCOCc1nc(-c2cc3c(Nc4ccc(OCc5cccc(F)c5)c(Cl)c4)ncnc3cc2F)cs1. The van der Waals surface area contributed by atoms with Crippen molar-refractivity contribution in [3.8, 4) is 17.0 Å². The Hall–Kier alpha value is -3.71. The van der Waals surface area contributed by atoms with Crippen molar-refractivity contribution in [2.75, 3.05) is 23.9 Å². The van der Waals surface area contributed by atoms with Crippen LogP contribution in [0.25, 0.3) is 22.2 Å². The highest BCUT2D eigenvalue weighted by Gasteiger charge is 2.15. The first-order valence-corrected chi connectivity index (χ1v) is 15.5. The lowest BCUT2D eigenvalue weighted by molar-refractivity contribution is 0.135.